The Morgan fingerprint density at radius 3 is 2.11 bits per heavy atom. The van der Waals surface area contributed by atoms with Gasteiger partial charge in [-0.1, -0.05) is 60.1 Å². The first-order chi connectivity index (χ1) is 16.9. The quantitative estimate of drug-likeness (QED) is 0.300. The highest BCUT2D eigenvalue weighted by Crippen LogP contribution is 2.31. The number of amides is 1. The minimum atomic E-state index is -4.25. The van der Waals surface area contributed by atoms with Crippen LogP contribution in [0.15, 0.2) is 108 Å². The number of hydrogen-bond acceptors (Lipinski definition) is 5. The zero-order chi connectivity index (χ0) is 24.8. The number of hydrogen-bond donors (Lipinski definition) is 0. The summed E-state index contributed by atoms with van der Waals surface area (Å²) in [4.78, 5) is 13.3. The molecule has 4 aromatic carbocycles. The molecule has 0 bridgehead atoms. The monoisotopic (exact) mass is 507 g/mol. The third-order valence-corrected chi connectivity index (χ3v) is 7.22. The van der Waals surface area contributed by atoms with Crippen LogP contribution in [-0.4, -0.2) is 28.0 Å². The van der Waals surface area contributed by atoms with Crippen LogP contribution in [0.5, 0.6) is 11.5 Å². The summed E-state index contributed by atoms with van der Waals surface area (Å²) in [7, 11) is -2.75. The van der Waals surface area contributed by atoms with Crippen LogP contribution in [-0.2, 0) is 14.8 Å². The molecule has 0 spiro atoms. The Morgan fingerprint density at radius 2 is 1.46 bits per heavy atom. The topological polar surface area (TPSA) is 72.9 Å². The van der Waals surface area contributed by atoms with E-state index in [9.17, 15) is 13.2 Å². The molecule has 8 heteroatoms. The van der Waals surface area contributed by atoms with E-state index in [0.29, 0.717) is 16.5 Å². The van der Waals surface area contributed by atoms with Gasteiger partial charge in [0.25, 0.3) is 15.9 Å². The molecule has 0 fully saturated rings. The Kier molecular flexibility index (Phi) is 7.39. The molecule has 0 saturated heterocycles. The molecule has 0 aromatic heterocycles. The van der Waals surface area contributed by atoms with Crippen molar-refractivity contribution in [3.63, 3.8) is 0 Å². The van der Waals surface area contributed by atoms with Crippen LogP contribution in [0, 0.1) is 0 Å². The molecule has 6 nitrogen and oxygen atoms in total. The maximum absolute atomic E-state index is 13.5. The van der Waals surface area contributed by atoms with E-state index < -0.39 is 22.5 Å². The normalized spacial score (nSPS) is 11.0. The lowest BCUT2D eigenvalue weighted by molar-refractivity contribution is -0.119. The third kappa shape index (κ3) is 5.48. The van der Waals surface area contributed by atoms with E-state index in [0.717, 1.165) is 15.4 Å². The first-order valence-electron chi connectivity index (χ1n) is 10.6. The summed E-state index contributed by atoms with van der Waals surface area (Å²) in [5, 5.41) is 0.382. The predicted octanol–water partition coefficient (Wildman–Crippen LogP) is 5.82. The zero-order valence-electron chi connectivity index (χ0n) is 18.8. The predicted molar refractivity (Wildman–Crippen MR) is 136 cm³/mol. The number of para-hydroxylation sites is 1. The van der Waals surface area contributed by atoms with Gasteiger partial charge in [-0.05, 0) is 60.2 Å². The zero-order valence-corrected chi connectivity index (χ0v) is 20.4. The van der Waals surface area contributed by atoms with Crippen molar-refractivity contribution in [3.8, 4) is 22.6 Å². The fourth-order valence-corrected chi connectivity index (χ4v) is 5.03. The van der Waals surface area contributed by atoms with Crippen molar-refractivity contribution >= 4 is 33.2 Å². The molecule has 0 unspecified atom stereocenters. The van der Waals surface area contributed by atoms with Crippen LogP contribution in [0.3, 0.4) is 0 Å². The summed E-state index contributed by atoms with van der Waals surface area (Å²) in [5.41, 5.74) is 1.86. The van der Waals surface area contributed by atoms with Crippen LogP contribution in [0.1, 0.15) is 0 Å². The minimum Gasteiger partial charge on any atom is -0.497 e. The van der Waals surface area contributed by atoms with Crippen LogP contribution >= 0.6 is 11.6 Å². The highest BCUT2D eigenvalue weighted by atomic mass is 35.5. The summed E-state index contributed by atoms with van der Waals surface area (Å²) in [5.74, 6) is 0.233. The largest absolute Gasteiger partial charge is 0.497 e. The van der Waals surface area contributed by atoms with E-state index in [1.807, 2.05) is 42.5 Å². The van der Waals surface area contributed by atoms with E-state index in [1.54, 1.807) is 24.3 Å². The maximum Gasteiger partial charge on any atom is 0.278 e. The number of ether oxygens (including phenoxy) is 2. The van der Waals surface area contributed by atoms with Crippen LogP contribution in [0.2, 0.25) is 5.02 Å². The van der Waals surface area contributed by atoms with Gasteiger partial charge in [0.1, 0.15) is 11.5 Å². The summed E-state index contributed by atoms with van der Waals surface area (Å²) < 4.78 is 38.8. The average Bonchev–Trinajstić information content (AvgIpc) is 2.89. The fourth-order valence-electron chi connectivity index (χ4n) is 3.49. The number of carbonyl (C=O) groups excluding carboxylic acids is 1. The number of methoxy groups -OCH3 is 1. The van der Waals surface area contributed by atoms with Gasteiger partial charge in [-0.15, -0.1) is 0 Å². The van der Waals surface area contributed by atoms with E-state index in [-0.39, 0.29) is 10.6 Å². The molecule has 35 heavy (non-hydrogen) atoms. The number of sulfonamides is 1. The van der Waals surface area contributed by atoms with Crippen molar-refractivity contribution in [1.82, 2.24) is 0 Å². The van der Waals surface area contributed by atoms with Crippen LogP contribution in [0.25, 0.3) is 11.1 Å². The molecule has 4 rings (SSSR count). The molecule has 0 saturated carbocycles. The molecule has 0 atom stereocenters. The molecule has 0 aliphatic heterocycles. The highest BCUT2D eigenvalue weighted by Gasteiger charge is 2.31. The van der Waals surface area contributed by atoms with Crippen LogP contribution < -0.4 is 13.8 Å². The molecule has 0 aliphatic carbocycles. The van der Waals surface area contributed by atoms with Gasteiger partial charge in [0.15, 0.2) is 6.61 Å². The van der Waals surface area contributed by atoms with Gasteiger partial charge in [0.05, 0.1) is 17.7 Å². The second-order valence-electron chi connectivity index (χ2n) is 7.47. The van der Waals surface area contributed by atoms with Crippen molar-refractivity contribution in [2.24, 2.45) is 0 Å². The molecular formula is C27H22ClNO5S. The SMILES string of the molecule is COc1ccc(N(C(=O)COc2ccccc2-c2ccccc2)S(=O)(=O)c2ccc(Cl)cc2)cc1. The van der Waals surface area contributed by atoms with Gasteiger partial charge in [-0.25, -0.2) is 8.42 Å². The standard InChI is InChI=1S/C27H22ClNO5S/c1-33-23-15-13-22(14-16-23)29(35(31,32)24-17-11-21(28)12-18-24)27(30)19-34-26-10-6-5-9-25(26)20-7-3-2-4-8-20/h2-18H,19H2,1H3. The number of halogens is 1. The molecule has 0 N–H and O–H groups in total. The Morgan fingerprint density at radius 1 is 0.829 bits per heavy atom. The number of rotatable bonds is 8. The van der Waals surface area contributed by atoms with Crippen molar-refractivity contribution in [2.75, 3.05) is 18.0 Å². The first kappa shape index (κ1) is 24.3. The summed E-state index contributed by atoms with van der Waals surface area (Å²) in [6, 6.07) is 28.6. The number of nitrogens with zero attached hydrogens (tertiary/aromatic N) is 1. The first-order valence-corrected chi connectivity index (χ1v) is 12.5. The van der Waals surface area contributed by atoms with Crippen molar-refractivity contribution in [1.29, 1.82) is 0 Å². The lowest BCUT2D eigenvalue weighted by atomic mass is 10.1. The van der Waals surface area contributed by atoms with Gasteiger partial charge in [0, 0.05) is 10.6 Å². The van der Waals surface area contributed by atoms with Gasteiger partial charge in [-0.3, -0.25) is 4.79 Å². The highest BCUT2D eigenvalue weighted by molar-refractivity contribution is 7.93. The smallest absolute Gasteiger partial charge is 0.278 e. The average molecular weight is 508 g/mol. The van der Waals surface area contributed by atoms with Gasteiger partial charge in [0.2, 0.25) is 0 Å². The molecule has 0 aliphatic rings. The van der Waals surface area contributed by atoms with Gasteiger partial charge < -0.3 is 9.47 Å². The van der Waals surface area contributed by atoms with E-state index in [2.05, 4.69) is 0 Å². The molecule has 178 valence electrons. The maximum atomic E-state index is 13.5. The van der Waals surface area contributed by atoms with E-state index in [1.165, 1.54) is 43.5 Å². The molecule has 0 heterocycles. The van der Waals surface area contributed by atoms with Crippen molar-refractivity contribution in [3.05, 3.63) is 108 Å². The van der Waals surface area contributed by atoms with Crippen LogP contribution in [0.4, 0.5) is 5.69 Å². The second-order valence-corrected chi connectivity index (χ2v) is 9.69. The lowest BCUT2D eigenvalue weighted by Crippen LogP contribution is -2.40. The second kappa shape index (κ2) is 10.6. The van der Waals surface area contributed by atoms with Crippen molar-refractivity contribution < 1.29 is 22.7 Å². The summed E-state index contributed by atoms with van der Waals surface area (Å²) in [6.07, 6.45) is 0. The van der Waals surface area contributed by atoms with E-state index >= 15 is 0 Å². The number of carbonyl (C=O) groups is 1. The number of benzene rings is 4. The Bertz CT molecular complexity index is 1410. The number of anilines is 1. The summed E-state index contributed by atoms with van der Waals surface area (Å²) in [6.45, 7) is -0.497. The van der Waals surface area contributed by atoms with Gasteiger partial charge >= 0.3 is 0 Å². The fraction of sp³-hybridized carbons (Fsp3) is 0.0741. The molecular weight excluding hydrogens is 486 g/mol. The Labute approximate surface area is 209 Å². The van der Waals surface area contributed by atoms with E-state index in [4.69, 9.17) is 21.1 Å². The Hall–Kier alpha value is -3.81. The van der Waals surface area contributed by atoms with Crippen molar-refractivity contribution in [2.45, 2.75) is 4.90 Å². The molecule has 0 radical (unpaired) electrons. The summed E-state index contributed by atoms with van der Waals surface area (Å²) >= 11 is 5.93. The molecule has 1 amide bonds. The van der Waals surface area contributed by atoms with Gasteiger partial charge in [-0.2, -0.15) is 4.31 Å². The molecule has 4 aromatic rings. The third-order valence-electron chi connectivity index (χ3n) is 5.21. The minimum absolute atomic E-state index is 0.0734. The Balaban J connectivity index is 1.67. The lowest BCUT2D eigenvalue weighted by Gasteiger charge is -2.23.